The van der Waals surface area contributed by atoms with Gasteiger partial charge in [-0.15, -0.1) is 0 Å². The number of rotatable bonds is 6. The normalized spacial score (nSPS) is 12.0. The number of ether oxygens (including phenoxy) is 1. The van der Waals surface area contributed by atoms with E-state index in [1.807, 2.05) is 31.2 Å². The summed E-state index contributed by atoms with van der Waals surface area (Å²) in [6, 6.07) is 12.4. The molecule has 0 saturated heterocycles. The van der Waals surface area contributed by atoms with E-state index in [1.165, 1.54) is 0 Å². The van der Waals surface area contributed by atoms with E-state index in [1.54, 1.807) is 18.2 Å². The van der Waals surface area contributed by atoms with Crippen molar-refractivity contribution in [2.75, 3.05) is 6.61 Å². The second-order valence-electron chi connectivity index (χ2n) is 4.81. The SMILES string of the molecule is CCOc1ccccc1CC(C(=O)O)c1ccc(Cl)c(Cl)c1. The first-order chi connectivity index (χ1) is 10.5. The molecule has 1 atom stereocenters. The first-order valence-electron chi connectivity index (χ1n) is 6.91. The first-order valence-corrected chi connectivity index (χ1v) is 7.67. The average molecular weight is 339 g/mol. The molecule has 0 radical (unpaired) electrons. The number of aliphatic carboxylic acids is 1. The molecule has 0 aliphatic rings. The molecule has 0 aromatic heterocycles. The molecule has 0 aliphatic heterocycles. The number of halogens is 2. The van der Waals surface area contributed by atoms with Gasteiger partial charge in [0.2, 0.25) is 0 Å². The number of benzene rings is 2. The number of hydrogen-bond acceptors (Lipinski definition) is 2. The highest BCUT2D eigenvalue weighted by Gasteiger charge is 2.22. The van der Waals surface area contributed by atoms with Crippen LogP contribution < -0.4 is 4.74 Å². The molecule has 116 valence electrons. The molecule has 0 bridgehead atoms. The van der Waals surface area contributed by atoms with Gasteiger partial charge in [-0.05, 0) is 42.7 Å². The minimum Gasteiger partial charge on any atom is -0.494 e. The van der Waals surface area contributed by atoms with Crippen molar-refractivity contribution in [3.05, 3.63) is 63.6 Å². The summed E-state index contributed by atoms with van der Waals surface area (Å²) in [5.74, 6) is -0.919. The third-order valence-electron chi connectivity index (χ3n) is 3.34. The van der Waals surface area contributed by atoms with Crippen molar-refractivity contribution in [3.8, 4) is 5.75 Å². The van der Waals surface area contributed by atoms with Crippen LogP contribution in [0.1, 0.15) is 24.0 Å². The topological polar surface area (TPSA) is 46.5 Å². The summed E-state index contributed by atoms with van der Waals surface area (Å²) in [4.78, 5) is 11.7. The predicted octanol–water partition coefficient (Wildman–Crippen LogP) is 4.80. The lowest BCUT2D eigenvalue weighted by Crippen LogP contribution is -2.15. The van der Waals surface area contributed by atoms with Crippen LogP contribution >= 0.6 is 23.2 Å². The summed E-state index contributed by atoms with van der Waals surface area (Å²) in [5.41, 5.74) is 1.47. The highest BCUT2D eigenvalue weighted by molar-refractivity contribution is 6.42. The summed E-state index contributed by atoms with van der Waals surface area (Å²) in [7, 11) is 0. The van der Waals surface area contributed by atoms with Crippen molar-refractivity contribution in [2.45, 2.75) is 19.3 Å². The van der Waals surface area contributed by atoms with Crippen molar-refractivity contribution < 1.29 is 14.6 Å². The van der Waals surface area contributed by atoms with Crippen LogP contribution in [0, 0.1) is 0 Å². The number of carbonyl (C=O) groups is 1. The first kappa shape index (κ1) is 16.7. The second-order valence-corrected chi connectivity index (χ2v) is 5.62. The molecule has 22 heavy (non-hydrogen) atoms. The van der Waals surface area contributed by atoms with E-state index in [9.17, 15) is 9.90 Å². The summed E-state index contributed by atoms with van der Waals surface area (Å²) >= 11 is 11.9. The molecule has 1 N–H and O–H groups in total. The van der Waals surface area contributed by atoms with Gasteiger partial charge in [-0.2, -0.15) is 0 Å². The lowest BCUT2D eigenvalue weighted by molar-refractivity contribution is -0.138. The third kappa shape index (κ3) is 3.93. The Kier molecular flexibility index (Phi) is 5.69. The van der Waals surface area contributed by atoms with Crippen molar-refractivity contribution in [1.29, 1.82) is 0 Å². The molecule has 0 heterocycles. The lowest BCUT2D eigenvalue weighted by Gasteiger charge is -2.16. The van der Waals surface area contributed by atoms with Crippen LogP contribution in [-0.4, -0.2) is 17.7 Å². The molecule has 0 fully saturated rings. The largest absolute Gasteiger partial charge is 0.494 e. The van der Waals surface area contributed by atoms with Crippen LogP contribution in [0.5, 0.6) is 5.75 Å². The van der Waals surface area contributed by atoms with E-state index in [0.29, 0.717) is 34.4 Å². The number of carboxylic acids is 1. The van der Waals surface area contributed by atoms with Crippen molar-refractivity contribution in [2.24, 2.45) is 0 Å². The van der Waals surface area contributed by atoms with Gasteiger partial charge in [0.05, 0.1) is 22.6 Å². The zero-order chi connectivity index (χ0) is 16.1. The second kappa shape index (κ2) is 7.52. The minimum atomic E-state index is -0.912. The zero-order valence-electron chi connectivity index (χ0n) is 12.1. The Balaban J connectivity index is 2.33. The molecular formula is C17H16Cl2O3. The predicted molar refractivity (Wildman–Crippen MR) is 88.2 cm³/mol. The van der Waals surface area contributed by atoms with E-state index in [-0.39, 0.29) is 0 Å². The Bertz CT molecular complexity index is 671. The Labute approximate surface area is 139 Å². The van der Waals surface area contributed by atoms with Crippen LogP contribution in [0.25, 0.3) is 0 Å². The highest BCUT2D eigenvalue weighted by atomic mass is 35.5. The van der Waals surface area contributed by atoms with Gasteiger partial charge in [-0.1, -0.05) is 47.5 Å². The van der Waals surface area contributed by atoms with Gasteiger partial charge in [0.1, 0.15) is 5.75 Å². The Morgan fingerprint density at radius 3 is 2.55 bits per heavy atom. The fourth-order valence-corrected chi connectivity index (χ4v) is 2.57. The van der Waals surface area contributed by atoms with E-state index >= 15 is 0 Å². The monoisotopic (exact) mass is 338 g/mol. The molecule has 2 aromatic rings. The Hall–Kier alpha value is -1.71. The number of hydrogen-bond donors (Lipinski definition) is 1. The fourth-order valence-electron chi connectivity index (χ4n) is 2.27. The summed E-state index contributed by atoms with van der Waals surface area (Å²) in [5, 5.41) is 10.3. The van der Waals surface area contributed by atoms with Gasteiger partial charge in [0.15, 0.2) is 0 Å². The highest BCUT2D eigenvalue weighted by Crippen LogP contribution is 2.31. The number of para-hydroxylation sites is 1. The van der Waals surface area contributed by atoms with Gasteiger partial charge in [0, 0.05) is 0 Å². The summed E-state index contributed by atoms with van der Waals surface area (Å²) in [6.45, 7) is 2.42. The maximum Gasteiger partial charge on any atom is 0.311 e. The quantitative estimate of drug-likeness (QED) is 0.822. The summed E-state index contributed by atoms with van der Waals surface area (Å²) in [6.07, 6.45) is 0.323. The molecule has 2 aromatic carbocycles. The Morgan fingerprint density at radius 2 is 1.91 bits per heavy atom. The smallest absolute Gasteiger partial charge is 0.311 e. The Morgan fingerprint density at radius 1 is 1.18 bits per heavy atom. The molecule has 1 unspecified atom stereocenters. The van der Waals surface area contributed by atoms with Gasteiger partial charge >= 0.3 is 5.97 Å². The minimum absolute atomic E-state index is 0.323. The number of carboxylic acid groups (broad SMARTS) is 1. The lowest BCUT2D eigenvalue weighted by atomic mass is 9.91. The molecule has 0 amide bonds. The molecule has 0 spiro atoms. The molecule has 5 heteroatoms. The van der Waals surface area contributed by atoms with Gasteiger partial charge in [0.25, 0.3) is 0 Å². The van der Waals surface area contributed by atoms with Crippen LogP contribution in [0.2, 0.25) is 10.0 Å². The van der Waals surface area contributed by atoms with Gasteiger partial charge < -0.3 is 9.84 Å². The van der Waals surface area contributed by atoms with E-state index < -0.39 is 11.9 Å². The van der Waals surface area contributed by atoms with Gasteiger partial charge in [-0.25, -0.2) is 0 Å². The van der Waals surface area contributed by atoms with Crippen LogP contribution in [0.15, 0.2) is 42.5 Å². The van der Waals surface area contributed by atoms with Crippen molar-refractivity contribution in [3.63, 3.8) is 0 Å². The molecule has 2 rings (SSSR count). The maximum absolute atomic E-state index is 11.7. The van der Waals surface area contributed by atoms with E-state index in [4.69, 9.17) is 27.9 Å². The molecule has 0 aliphatic carbocycles. The summed E-state index contributed by atoms with van der Waals surface area (Å²) < 4.78 is 5.56. The van der Waals surface area contributed by atoms with Crippen molar-refractivity contribution in [1.82, 2.24) is 0 Å². The van der Waals surface area contributed by atoms with Crippen LogP contribution in [-0.2, 0) is 11.2 Å². The van der Waals surface area contributed by atoms with Crippen molar-refractivity contribution >= 4 is 29.2 Å². The van der Waals surface area contributed by atoms with Gasteiger partial charge in [-0.3, -0.25) is 4.79 Å². The molecule has 0 saturated carbocycles. The average Bonchev–Trinajstić information content (AvgIpc) is 2.49. The fraction of sp³-hybridized carbons (Fsp3) is 0.235. The van der Waals surface area contributed by atoms with E-state index in [0.717, 1.165) is 5.56 Å². The molecular weight excluding hydrogens is 323 g/mol. The van der Waals surface area contributed by atoms with Crippen LogP contribution in [0.4, 0.5) is 0 Å². The third-order valence-corrected chi connectivity index (χ3v) is 4.08. The van der Waals surface area contributed by atoms with Crippen LogP contribution in [0.3, 0.4) is 0 Å². The standard InChI is InChI=1S/C17H16Cl2O3/c1-2-22-16-6-4-3-5-12(16)9-13(17(20)21)11-7-8-14(18)15(19)10-11/h3-8,10,13H,2,9H2,1H3,(H,20,21). The molecule has 3 nitrogen and oxygen atoms in total. The zero-order valence-corrected chi connectivity index (χ0v) is 13.6. The van der Waals surface area contributed by atoms with E-state index in [2.05, 4.69) is 0 Å². The maximum atomic E-state index is 11.7.